The minimum absolute atomic E-state index is 0.644. The number of rotatable bonds is 2. The van der Waals surface area contributed by atoms with Gasteiger partial charge in [-0.15, -0.1) is 0 Å². The lowest BCUT2D eigenvalue weighted by Crippen LogP contribution is -2.39. The van der Waals surface area contributed by atoms with Crippen LogP contribution in [0.3, 0.4) is 0 Å². The lowest BCUT2D eigenvalue weighted by atomic mass is 9.75. The summed E-state index contributed by atoms with van der Waals surface area (Å²) in [7, 11) is 0. The molecular formula is C14H19ClO2. The summed E-state index contributed by atoms with van der Waals surface area (Å²) in [5.41, 5.74) is -0.230. The summed E-state index contributed by atoms with van der Waals surface area (Å²) in [5.74, 6) is 0.646. The predicted molar refractivity (Wildman–Crippen MR) is 69.0 cm³/mol. The van der Waals surface area contributed by atoms with Crippen LogP contribution in [0.25, 0.3) is 0 Å². The molecule has 94 valence electrons. The van der Waals surface area contributed by atoms with E-state index < -0.39 is 11.7 Å². The summed E-state index contributed by atoms with van der Waals surface area (Å²) >= 11 is 5.81. The maximum Gasteiger partial charge on any atom is 0.108 e. The van der Waals surface area contributed by atoms with Gasteiger partial charge in [-0.25, -0.2) is 0 Å². The molecule has 0 saturated heterocycles. The number of hydrogen-bond acceptors (Lipinski definition) is 2. The fraction of sp³-hybridized carbons (Fsp3) is 0.571. The van der Waals surface area contributed by atoms with Gasteiger partial charge in [-0.3, -0.25) is 0 Å². The molecule has 2 rings (SSSR count). The molecule has 2 N–H and O–H groups in total. The topological polar surface area (TPSA) is 40.5 Å². The SMILES string of the molecule is CC1CCC(O)(C(O)c2ccc(Cl)cc2)CC1. The van der Waals surface area contributed by atoms with Crippen molar-refractivity contribution in [2.45, 2.75) is 44.3 Å². The summed E-state index contributed by atoms with van der Waals surface area (Å²) in [5, 5.41) is 21.4. The van der Waals surface area contributed by atoms with Crippen molar-refractivity contribution in [3.8, 4) is 0 Å². The first kappa shape index (κ1) is 12.9. The van der Waals surface area contributed by atoms with Crippen molar-refractivity contribution in [1.29, 1.82) is 0 Å². The number of aliphatic hydroxyl groups is 2. The molecule has 1 aliphatic rings. The van der Waals surface area contributed by atoms with Crippen LogP contribution >= 0.6 is 11.6 Å². The molecule has 1 saturated carbocycles. The molecule has 1 atom stereocenters. The summed E-state index contributed by atoms with van der Waals surface area (Å²) in [6.07, 6.45) is 2.46. The van der Waals surface area contributed by atoms with Crippen LogP contribution in [0.15, 0.2) is 24.3 Å². The Hall–Kier alpha value is -0.570. The van der Waals surface area contributed by atoms with Gasteiger partial charge in [-0.1, -0.05) is 30.7 Å². The van der Waals surface area contributed by atoms with Crippen molar-refractivity contribution in [2.24, 2.45) is 5.92 Å². The molecule has 0 heterocycles. The second-order valence-electron chi connectivity index (χ2n) is 5.24. The number of hydrogen-bond donors (Lipinski definition) is 2. The predicted octanol–water partition coefficient (Wildman–Crippen LogP) is 3.31. The monoisotopic (exact) mass is 254 g/mol. The molecule has 1 fully saturated rings. The fourth-order valence-electron chi connectivity index (χ4n) is 2.49. The van der Waals surface area contributed by atoms with Crippen LogP contribution in [0.1, 0.15) is 44.3 Å². The Morgan fingerprint density at radius 1 is 1.24 bits per heavy atom. The molecule has 1 aliphatic carbocycles. The summed E-state index contributed by atoms with van der Waals surface area (Å²) in [6.45, 7) is 2.19. The van der Waals surface area contributed by atoms with Crippen LogP contribution < -0.4 is 0 Å². The van der Waals surface area contributed by atoms with Crippen molar-refractivity contribution < 1.29 is 10.2 Å². The molecule has 17 heavy (non-hydrogen) atoms. The van der Waals surface area contributed by atoms with Gasteiger partial charge in [0.2, 0.25) is 0 Å². The van der Waals surface area contributed by atoms with E-state index in [2.05, 4.69) is 6.92 Å². The van der Waals surface area contributed by atoms with Gasteiger partial charge in [0.15, 0.2) is 0 Å². The molecule has 1 aromatic rings. The zero-order valence-corrected chi connectivity index (χ0v) is 10.8. The first-order valence-electron chi connectivity index (χ1n) is 6.17. The second-order valence-corrected chi connectivity index (χ2v) is 5.68. The zero-order valence-electron chi connectivity index (χ0n) is 10.1. The van der Waals surface area contributed by atoms with Crippen molar-refractivity contribution >= 4 is 11.6 Å². The van der Waals surface area contributed by atoms with Gasteiger partial charge in [-0.05, 0) is 49.3 Å². The van der Waals surface area contributed by atoms with Crippen molar-refractivity contribution in [1.82, 2.24) is 0 Å². The molecule has 0 aliphatic heterocycles. The Kier molecular flexibility index (Phi) is 3.76. The molecule has 1 aromatic carbocycles. The van der Waals surface area contributed by atoms with E-state index in [0.29, 0.717) is 23.8 Å². The Morgan fingerprint density at radius 3 is 2.29 bits per heavy atom. The highest BCUT2D eigenvalue weighted by Gasteiger charge is 2.39. The molecule has 3 heteroatoms. The first-order valence-corrected chi connectivity index (χ1v) is 6.55. The van der Waals surface area contributed by atoms with Gasteiger partial charge in [-0.2, -0.15) is 0 Å². The third-order valence-corrected chi connectivity index (χ3v) is 4.09. The summed E-state index contributed by atoms with van der Waals surface area (Å²) in [4.78, 5) is 0. The van der Waals surface area contributed by atoms with E-state index in [9.17, 15) is 10.2 Å². The molecule has 2 nitrogen and oxygen atoms in total. The Balaban J connectivity index is 2.13. The van der Waals surface area contributed by atoms with Crippen LogP contribution in [0.2, 0.25) is 5.02 Å². The minimum Gasteiger partial charge on any atom is -0.387 e. The van der Waals surface area contributed by atoms with Gasteiger partial charge in [0.1, 0.15) is 6.10 Å². The Bertz CT molecular complexity index is 366. The number of aliphatic hydroxyl groups excluding tert-OH is 1. The van der Waals surface area contributed by atoms with E-state index in [-0.39, 0.29) is 0 Å². The van der Waals surface area contributed by atoms with Crippen LogP contribution in [0, 0.1) is 5.92 Å². The third kappa shape index (κ3) is 2.82. The van der Waals surface area contributed by atoms with E-state index in [0.717, 1.165) is 18.4 Å². The fourth-order valence-corrected chi connectivity index (χ4v) is 2.62. The largest absolute Gasteiger partial charge is 0.387 e. The van der Waals surface area contributed by atoms with Gasteiger partial charge in [0, 0.05) is 5.02 Å². The third-order valence-electron chi connectivity index (χ3n) is 3.83. The highest BCUT2D eigenvalue weighted by Crippen LogP contribution is 2.40. The normalized spacial score (nSPS) is 31.2. The van der Waals surface area contributed by atoms with E-state index in [4.69, 9.17) is 11.6 Å². The van der Waals surface area contributed by atoms with Crippen LogP contribution in [0.5, 0.6) is 0 Å². The van der Waals surface area contributed by atoms with Gasteiger partial charge < -0.3 is 10.2 Å². The highest BCUT2D eigenvalue weighted by atomic mass is 35.5. The Labute approximate surface area is 107 Å². The smallest absolute Gasteiger partial charge is 0.108 e. The molecule has 0 bridgehead atoms. The van der Waals surface area contributed by atoms with E-state index in [1.165, 1.54) is 0 Å². The zero-order chi connectivity index (χ0) is 12.5. The molecule has 1 unspecified atom stereocenters. The number of halogens is 1. The minimum atomic E-state index is -0.972. The molecule has 0 aromatic heterocycles. The van der Waals surface area contributed by atoms with Gasteiger partial charge >= 0.3 is 0 Å². The lowest BCUT2D eigenvalue weighted by molar-refractivity contribution is -0.105. The quantitative estimate of drug-likeness (QED) is 0.850. The lowest BCUT2D eigenvalue weighted by Gasteiger charge is -2.38. The van der Waals surface area contributed by atoms with E-state index in [1.807, 2.05) is 0 Å². The molecule has 0 radical (unpaired) electrons. The standard InChI is InChI=1S/C14H19ClO2/c1-10-6-8-14(17,9-7-10)13(16)11-2-4-12(15)5-3-11/h2-5,10,13,16-17H,6-9H2,1H3. The van der Waals surface area contributed by atoms with Crippen LogP contribution in [-0.4, -0.2) is 15.8 Å². The first-order chi connectivity index (χ1) is 8.01. The van der Waals surface area contributed by atoms with Crippen LogP contribution in [-0.2, 0) is 0 Å². The summed E-state index contributed by atoms with van der Waals surface area (Å²) < 4.78 is 0. The molecule has 0 amide bonds. The van der Waals surface area contributed by atoms with E-state index >= 15 is 0 Å². The van der Waals surface area contributed by atoms with Crippen molar-refractivity contribution in [3.05, 3.63) is 34.9 Å². The average molecular weight is 255 g/mol. The van der Waals surface area contributed by atoms with Crippen molar-refractivity contribution in [3.63, 3.8) is 0 Å². The maximum absolute atomic E-state index is 10.5. The summed E-state index contributed by atoms with van der Waals surface area (Å²) in [6, 6.07) is 7.05. The van der Waals surface area contributed by atoms with Crippen molar-refractivity contribution in [2.75, 3.05) is 0 Å². The van der Waals surface area contributed by atoms with Gasteiger partial charge in [0.25, 0.3) is 0 Å². The average Bonchev–Trinajstić information content (AvgIpc) is 2.33. The Morgan fingerprint density at radius 2 is 1.76 bits per heavy atom. The van der Waals surface area contributed by atoms with Crippen LogP contribution in [0.4, 0.5) is 0 Å². The molecule has 0 spiro atoms. The van der Waals surface area contributed by atoms with Gasteiger partial charge in [0.05, 0.1) is 5.60 Å². The maximum atomic E-state index is 10.5. The number of benzene rings is 1. The highest BCUT2D eigenvalue weighted by molar-refractivity contribution is 6.30. The second kappa shape index (κ2) is 4.97. The van der Waals surface area contributed by atoms with E-state index in [1.54, 1.807) is 24.3 Å². The molecular weight excluding hydrogens is 236 g/mol.